The van der Waals surface area contributed by atoms with Crippen molar-refractivity contribution in [1.82, 2.24) is 4.90 Å². The standard InChI is InChI=1S/C24H30N2O6S/c1-17-9-10-22(31-3)21(13-17)26-16-18(14-23(26)27)24(28)25(2)11-6-12-32-19-7-5-8-20(15-19)33(4,29)30/h5,7-10,13,15,18H,6,11-12,14,16H2,1-4H3. The molecule has 2 amide bonds. The summed E-state index contributed by atoms with van der Waals surface area (Å²) in [6.07, 6.45) is 1.88. The van der Waals surface area contributed by atoms with E-state index in [4.69, 9.17) is 9.47 Å². The van der Waals surface area contributed by atoms with Crippen LogP contribution in [0.15, 0.2) is 47.4 Å². The van der Waals surface area contributed by atoms with Crippen LogP contribution in [-0.4, -0.2) is 65.2 Å². The number of aryl methyl sites for hydroxylation is 1. The van der Waals surface area contributed by atoms with Gasteiger partial charge in [-0.2, -0.15) is 0 Å². The number of nitrogens with zero attached hydrogens (tertiary/aromatic N) is 2. The average Bonchev–Trinajstić information content (AvgIpc) is 3.17. The lowest BCUT2D eigenvalue weighted by molar-refractivity contribution is -0.134. The fourth-order valence-corrected chi connectivity index (χ4v) is 4.48. The Morgan fingerprint density at radius 1 is 1.21 bits per heavy atom. The van der Waals surface area contributed by atoms with Gasteiger partial charge in [0, 0.05) is 32.8 Å². The quantitative estimate of drug-likeness (QED) is 0.519. The van der Waals surface area contributed by atoms with E-state index in [0.29, 0.717) is 43.3 Å². The number of anilines is 1. The minimum absolute atomic E-state index is 0.0865. The first-order valence-electron chi connectivity index (χ1n) is 10.7. The molecular weight excluding hydrogens is 444 g/mol. The first kappa shape index (κ1) is 24.6. The monoisotopic (exact) mass is 474 g/mol. The van der Waals surface area contributed by atoms with E-state index in [-0.39, 0.29) is 23.1 Å². The van der Waals surface area contributed by atoms with Gasteiger partial charge < -0.3 is 19.3 Å². The zero-order valence-electron chi connectivity index (χ0n) is 19.4. The Bertz CT molecular complexity index is 1130. The SMILES string of the molecule is COc1ccc(C)cc1N1CC(C(=O)N(C)CCCOc2cccc(S(C)(=O)=O)c2)CC1=O. The first-order valence-corrected chi connectivity index (χ1v) is 12.6. The lowest BCUT2D eigenvalue weighted by atomic mass is 10.1. The summed E-state index contributed by atoms with van der Waals surface area (Å²) in [6.45, 7) is 3.06. The Balaban J connectivity index is 1.53. The van der Waals surface area contributed by atoms with E-state index in [1.807, 2.05) is 25.1 Å². The highest BCUT2D eigenvalue weighted by atomic mass is 32.2. The molecular formula is C24H30N2O6S. The average molecular weight is 475 g/mol. The van der Waals surface area contributed by atoms with Gasteiger partial charge in [0.2, 0.25) is 11.8 Å². The van der Waals surface area contributed by atoms with E-state index in [9.17, 15) is 18.0 Å². The highest BCUT2D eigenvalue weighted by Crippen LogP contribution is 2.34. The van der Waals surface area contributed by atoms with E-state index >= 15 is 0 Å². The van der Waals surface area contributed by atoms with Crippen molar-refractivity contribution < 1.29 is 27.5 Å². The van der Waals surface area contributed by atoms with E-state index in [0.717, 1.165) is 11.8 Å². The van der Waals surface area contributed by atoms with Crippen LogP contribution < -0.4 is 14.4 Å². The third-order valence-electron chi connectivity index (χ3n) is 5.62. The topological polar surface area (TPSA) is 93.2 Å². The number of carbonyl (C=O) groups excluding carboxylic acids is 2. The van der Waals surface area contributed by atoms with E-state index in [1.165, 1.54) is 12.1 Å². The maximum atomic E-state index is 12.9. The highest BCUT2D eigenvalue weighted by molar-refractivity contribution is 7.90. The molecule has 1 atom stereocenters. The molecule has 8 nitrogen and oxygen atoms in total. The molecule has 1 aliphatic heterocycles. The summed E-state index contributed by atoms with van der Waals surface area (Å²) < 4.78 is 34.4. The Hall–Kier alpha value is -3.07. The maximum Gasteiger partial charge on any atom is 0.227 e. The number of methoxy groups -OCH3 is 1. The first-order chi connectivity index (χ1) is 15.6. The smallest absolute Gasteiger partial charge is 0.227 e. The van der Waals surface area contributed by atoms with Gasteiger partial charge in [-0.25, -0.2) is 8.42 Å². The molecule has 33 heavy (non-hydrogen) atoms. The Kier molecular flexibility index (Phi) is 7.63. The molecule has 1 heterocycles. The third kappa shape index (κ3) is 6.04. The molecule has 0 aromatic heterocycles. The van der Waals surface area contributed by atoms with E-state index in [2.05, 4.69) is 0 Å². The summed E-state index contributed by atoms with van der Waals surface area (Å²) in [6, 6.07) is 12.0. The fraction of sp³-hybridized carbons (Fsp3) is 0.417. The van der Waals surface area contributed by atoms with Crippen molar-refractivity contribution in [2.75, 3.05) is 45.0 Å². The summed E-state index contributed by atoms with van der Waals surface area (Å²) in [5.74, 6) is 0.472. The molecule has 0 spiro atoms. The zero-order valence-corrected chi connectivity index (χ0v) is 20.2. The number of hydrogen-bond donors (Lipinski definition) is 0. The number of benzene rings is 2. The van der Waals surface area contributed by atoms with Gasteiger partial charge >= 0.3 is 0 Å². The summed E-state index contributed by atoms with van der Waals surface area (Å²) >= 11 is 0. The van der Waals surface area contributed by atoms with Gasteiger partial charge in [-0.05, 0) is 49.2 Å². The Morgan fingerprint density at radius 3 is 2.67 bits per heavy atom. The molecule has 2 aromatic carbocycles. The molecule has 9 heteroatoms. The zero-order chi connectivity index (χ0) is 24.2. The molecule has 0 bridgehead atoms. The Morgan fingerprint density at radius 2 is 1.97 bits per heavy atom. The summed E-state index contributed by atoms with van der Waals surface area (Å²) in [7, 11) is -0.0230. The molecule has 1 fully saturated rings. The van der Waals surface area contributed by atoms with Crippen molar-refractivity contribution in [3.8, 4) is 11.5 Å². The second-order valence-corrected chi connectivity index (χ2v) is 10.3. The van der Waals surface area contributed by atoms with Gasteiger partial charge in [-0.1, -0.05) is 12.1 Å². The van der Waals surface area contributed by atoms with Crippen LogP contribution in [0.25, 0.3) is 0 Å². The number of hydrogen-bond acceptors (Lipinski definition) is 6. The number of rotatable bonds is 9. The van der Waals surface area contributed by atoms with Gasteiger partial charge in [0.25, 0.3) is 0 Å². The van der Waals surface area contributed by atoms with E-state index in [1.54, 1.807) is 36.1 Å². The molecule has 0 aliphatic carbocycles. The third-order valence-corrected chi connectivity index (χ3v) is 6.73. The molecule has 178 valence electrons. The predicted molar refractivity (Wildman–Crippen MR) is 125 cm³/mol. The van der Waals surface area contributed by atoms with E-state index < -0.39 is 15.8 Å². The van der Waals surface area contributed by atoms with Gasteiger partial charge in [0.1, 0.15) is 11.5 Å². The van der Waals surface area contributed by atoms with Crippen LogP contribution in [0, 0.1) is 12.8 Å². The second kappa shape index (κ2) is 10.2. The summed E-state index contributed by atoms with van der Waals surface area (Å²) in [4.78, 5) is 29.0. The minimum atomic E-state index is -3.30. The normalized spacial score (nSPS) is 16.1. The van der Waals surface area contributed by atoms with Crippen LogP contribution in [0.5, 0.6) is 11.5 Å². The number of ether oxygens (including phenoxy) is 2. The highest BCUT2D eigenvalue weighted by Gasteiger charge is 2.37. The van der Waals surface area contributed by atoms with Crippen LogP contribution >= 0.6 is 0 Å². The van der Waals surface area contributed by atoms with Gasteiger partial charge in [0.15, 0.2) is 9.84 Å². The number of sulfone groups is 1. The maximum absolute atomic E-state index is 12.9. The molecule has 3 rings (SSSR count). The van der Waals surface area contributed by atoms with Crippen LogP contribution in [0.1, 0.15) is 18.4 Å². The van der Waals surface area contributed by atoms with Crippen LogP contribution in [-0.2, 0) is 19.4 Å². The Labute approximate surface area is 195 Å². The minimum Gasteiger partial charge on any atom is -0.495 e. The summed E-state index contributed by atoms with van der Waals surface area (Å²) in [5.41, 5.74) is 1.69. The molecule has 0 saturated carbocycles. The largest absolute Gasteiger partial charge is 0.495 e. The molecule has 1 unspecified atom stereocenters. The van der Waals surface area contributed by atoms with Crippen molar-refractivity contribution in [1.29, 1.82) is 0 Å². The van der Waals surface area contributed by atoms with Crippen molar-refractivity contribution in [2.24, 2.45) is 5.92 Å². The van der Waals surface area contributed by atoms with Crippen molar-refractivity contribution >= 4 is 27.3 Å². The number of amides is 2. The lowest BCUT2D eigenvalue weighted by Gasteiger charge is -2.22. The summed E-state index contributed by atoms with van der Waals surface area (Å²) in [5, 5.41) is 0. The second-order valence-electron chi connectivity index (χ2n) is 8.29. The van der Waals surface area contributed by atoms with Crippen LogP contribution in [0.3, 0.4) is 0 Å². The predicted octanol–water partition coefficient (Wildman–Crippen LogP) is 2.69. The molecule has 0 N–H and O–H groups in total. The molecule has 1 aliphatic rings. The molecule has 1 saturated heterocycles. The fourth-order valence-electron chi connectivity index (χ4n) is 3.83. The van der Waals surface area contributed by atoms with Crippen molar-refractivity contribution in [2.45, 2.75) is 24.7 Å². The van der Waals surface area contributed by atoms with Crippen molar-refractivity contribution in [3.05, 3.63) is 48.0 Å². The number of carbonyl (C=O) groups is 2. The van der Waals surface area contributed by atoms with Gasteiger partial charge in [-0.3, -0.25) is 9.59 Å². The molecule has 2 aromatic rings. The van der Waals surface area contributed by atoms with Gasteiger partial charge in [-0.15, -0.1) is 0 Å². The lowest BCUT2D eigenvalue weighted by Crippen LogP contribution is -2.35. The molecule has 0 radical (unpaired) electrons. The van der Waals surface area contributed by atoms with Crippen LogP contribution in [0.4, 0.5) is 5.69 Å². The van der Waals surface area contributed by atoms with Crippen molar-refractivity contribution in [3.63, 3.8) is 0 Å². The van der Waals surface area contributed by atoms with Gasteiger partial charge in [0.05, 0.1) is 30.2 Å². The van der Waals surface area contributed by atoms with Crippen LogP contribution in [0.2, 0.25) is 0 Å².